The summed E-state index contributed by atoms with van der Waals surface area (Å²) in [6.45, 7) is 0.0728. The van der Waals surface area contributed by atoms with E-state index in [1.807, 2.05) is 16.3 Å². The van der Waals surface area contributed by atoms with Gasteiger partial charge in [-0.15, -0.1) is 4.83 Å². The van der Waals surface area contributed by atoms with E-state index < -0.39 is 30.8 Å². The average Bonchev–Trinajstić information content (AvgIpc) is 3.20. The fourth-order valence-corrected chi connectivity index (χ4v) is 3.82. The standard InChI is InChI=1S/C18H17N3O7S2/c19-29(23,24)15-7-4-8-16(11-15)30(25,26)21-20-18(22)17-10-9-14(28-17)12-27-13-5-2-1-3-6-13/h1-11,21H,12H2,(H,20,22)(H2,19,23,24). The number of rotatable bonds is 8. The highest BCUT2D eigenvalue weighted by Gasteiger charge is 2.19. The highest BCUT2D eigenvalue weighted by atomic mass is 32.2. The van der Waals surface area contributed by atoms with Gasteiger partial charge in [-0.05, 0) is 42.5 Å². The first-order chi connectivity index (χ1) is 14.1. The number of ether oxygens (including phenoxy) is 1. The summed E-state index contributed by atoms with van der Waals surface area (Å²) in [5.41, 5.74) is 1.99. The summed E-state index contributed by atoms with van der Waals surface area (Å²) >= 11 is 0. The molecule has 12 heteroatoms. The number of carbonyl (C=O) groups excluding carboxylic acids is 1. The second kappa shape index (κ2) is 8.67. The van der Waals surface area contributed by atoms with Gasteiger partial charge >= 0.3 is 5.91 Å². The Bertz CT molecular complexity index is 1250. The molecular formula is C18H17N3O7S2. The zero-order valence-electron chi connectivity index (χ0n) is 15.3. The number of benzene rings is 2. The predicted molar refractivity (Wildman–Crippen MR) is 105 cm³/mol. The van der Waals surface area contributed by atoms with Crippen LogP contribution in [0.2, 0.25) is 0 Å². The van der Waals surface area contributed by atoms with Gasteiger partial charge < -0.3 is 9.15 Å². The maximum absolute atomic E-state index is 12.3. The van der Waals surface area contributed by atoms with Crippen molar-refractivity contribution in [3.63, 3.8) is 0 Å². The van der Waals surface area contributed by atoms with Crippen LogP contribution in [0.3, 0.4) is 0 Å². The Balaban J connectivity index is 1.62. The summed E-state index contributed by atoms with van der Waals surface area (Å²) < 4.78 is 58.2. The molecule has 0 spiro atoms. The van der Waals surface area contributed by atoms with Gasteiger partial charge in [-0.1, -0.05) is 24.3 Å². The van der Waals surface area contributed by atoms with Crippen molar-refractivity contribution >= 4 is 26.0 Å². The number of primary sulfonamides is 1. The number of furan rings is 1. The second-order valence-electron chi connectivity index (χ2n) is 5.95. The molecule has 1 heterocycles. The van der Waals surface area contributed by atoms with Crippen LogP contribution in [0, 0.1) is 0 Å². The number of sulfonamides is 2. The average molecular weight is 451 g/mol. The third-order valence-corrected chi connectivity index (χ3v) is 5.91. The van der Waals surface area contributed by atoms with E-state index in [1.165, 1.54) is 18.2 Å². The van der Waals surface area contributed by atoms with Crippen molar-refractivity contribution in [3.05, 3.63) is 78.3 Å². The Kier molecular flexibility index (Phi) is 6.22. The number of hydrogen-bond acceptors (Lipinski definition) is 7. The molecule has 3 aromatic rings. The Morgan fingerprint density at radius 1 is 0.933 bits per heavy atom. The van der Waals surface area contributed by atoms with E-state index in [0.29, 0.717) is 11.5 Å². The molecule has 10 nitrogen and oxygen atoms in total. The molecule has 0 aliphatic heterocycles. The molecule has 2 aromatic carbocycles. The van der Waals surface area contributed by atoms with Gasteiger partial charge in [0.05, 0.1) is 9.79 Å². The summed E-state index contributed by atoms with van der Waals surface area (Å²) in [5, 5.41) is 5.00. The van der Waals surface area contributed by atoms with Gasteiger partial charge in [-0.25, -0.2) is 22.0 Å². The first-order valence-corrected chi connectivity index (χ1v) is 11.4. The van der Waals surface area contributed by atoms with Crippen LogP contribution >= 0.6 is 0 Å². The molecule has 0 bridgehead atoms. The smallest absolute Gasteiger partial charge is 0.301 e. The summed E-state index contributed by atoms with van der Waals surface area (Å²) in [6, 6.07) is 16.2. The SMILES string of the molecule is NS(=O)(=O)c1cccc(S(=O)(=O)NNC(=O)c2ccc(COc3ccccc3)o2)c1. The molecule has 1 amide bonds. The number of hydrogen-bond donors (Lipinski definition) is 3. The van der Waals surface area contributed by atoms with Crippen LogP contribution in [0.15, 0.2) is 80.9 Å². The third-order valence-electron chi connectivity index (χ3n) is 3.75. The van der Waals surface area contributed by atoms with Gasteiger partial charge in [-0.3, -0.25) is 10.2 Å². The maximum atomic E-state index is 12.3. The summed E-state index contributed by atoms with van der Waals surface area (Å²) in [6.07, 6.45) is 0. The number of hydrazine groups is 1. The van der Waals surface area contributed by atoms with Crippen molar-refractivity contribution in [2.75, 3.05) is 0 Å². The highest BCUT2D eigenvalue weighted by molar-refractivity contribution is 7.90. The van der Waals surface area contributed by atoms with Crippen LogP contribution in [-0.2, 0) is 26.7 Å². The van der Waals surface area contributed by atoms with E-state index >= 15 is 0 Å². The van der Waals surface area contributed by atoms with Gasteiger partial charge in [0.25, 0.3) is 10.0 Å². The molecule has 4 N–H and O–H groups in total. The minimum absolute atomic E-state index is 0.0728. The van der Waals surface area contributed by atoms with Gasteiger partial charge in [-0.2, -0.15) is 0 Å². The van der Waals surface area contributed by atoms with Crippen molar-refractivity contribution < 1.29 is 30.8 Å². The van der Waals surface area contributed by atoms with Gasteiger partial charge in [0.1, 0.15) is 18.1 Å². The van der Waals surface area contributed by atoms with E-state index in [1.54, 1.807) is 24.3 Å². The maximum Gasteiger partial charge on any atom is 0.301 e. The Morgan fingerprint density at radius 3 is 2.33 bits per heavy atom. The number of amides is 1. The molecule has 0 aliphatic carbocycles. The zero-order chi connectivity index (χ0) is 21.8. The fourth-order valence-electron chi connectivity index (χ4n) is 2.30. The molecule has 0 saturated carbocycles. The minimum atomic E-state index is -4.25. The van der Waals surface area contributed by atoms with E-state index in [9.17, 15) is 21.6 Å². The summed E-state index contributed by atoms with van der Waals surface area (Å²) in [5.74, 6) is -0.0307. The van der Waals surface area contributed by atoms with Crippen molar-refractivity contribution in [3.8, 4) is 5.75 Å². The first-order valence-electron chi connectivity index (χ1n) is 8.37. The lowest BCUT2D eigenvalue weighted by Crippen LogP contribution is -2.41. The Hall–Kier alpha value is -3.19. The highest BCUT2D eigenvalue weighted by Crippen LogP contribution is 2.15. The van der Waals surface area contributed by atoms with Crippen molar-refractivity contribution in [1.29, 1.82) is 0 Å². The van der Waals surface area contributed by atoms with Gasteiger partial charge in [0, 0.05) is 0 Å². The molecule has 0 unspecified atom stereocenters. The van der Waals surface area contributed by atoms with Crippen molar-refractivity contribution in [2.24, 2.45) is 5.14 Å². The molecule has 3 rings (SSSR count). The lowest BCUT2D eigenvalue weighted by atomic mass is 10.3. The molecule has 0 saturated heterocycles. The van der Waals surface area contributed by atoms with Gasteiger partial charge in [0.15, 0.2) is 5.76 Å². The molecule has 0 aliphatic rings. The summed E-state index contributed by atoms with van der Waals surface area (Å²) in [7, 11) is -8.34. The van der Waals surface area contributed by atoms with Crippen LogP contribution in [0.1, 0.15) is 16.3 Å². The van der Waals surface area contributed by atoms with Crippen LogP contribution in [0.25, 0.3) is 0 Å². The number of nitrogens with two attached hydrogens (primary N) is 1. The van der Waals surface area contributed by atoms with E-state index in [4.69, 9.17) is 14.3 Å². The quantitative estimate of drug-likeness (QED) is 0.433. The predicted octanol–water partition coefficient (Wildman–Crippen LogP) is 1.13. The van der Waals surface area contributed by atoms with E-state index in [-0.39, 0.29) is 17.3 Å². The molecule has 158 valence electrons. The third kappa shape index (κ3) is 5.45. The number of carbonyl (C=O) groups is 1. The van der Waals surface area contributed by atoms with Crippen molar-refractivity contribution in [1.82, 2.24) is 10.3 Å². The van der Waals surface area contributed by atoms with E-state index in [2.05, 4.69) is 0 Å². The molecule has 0 atom stereocenters. The molecule has 0 radical (unpaired) electrons. The number of para-hydroxylation sites is 1. The molecule has 30 heavy (non-hydrogen) atoms. The molecule has 0 fully saturated rings. The monoisotopic (exact) mass is 451 g/mol. The lowest BCUT2D eigenvalue weighted by molar-refractivity contribution is 0.0913. The molecular weight excluding hydrogens is 434 g/mol. The van der Waals surface area contributed by atoms with E-state index in [0.717, 1.165) is 18.2 Å². The number of nitrogens with one attached hydrogen (secondary N) is 2. The summed E-state index contributed by atoms with van der Waals surface area (Å²) in [4.78, 5) is 13.2. The molecule has 1 aromatic heterocycles. The largest absolute Gasteiger partial charge is 0.486 e. The normalized spacial score (nSPS) is 11.8. The fraction of sp³-hybridized carbons (Fsp3) is 0.0556. The van der Waals surface area contributed by atoms with Crippen LogP contribution < -0.4 is 20.1 Å². The topological polar surface area (TPSA) is 158 Å². The van der Waals surface area contributed by atoms with Crippen LogP contribution in [0.5, 0.6) is 5.75 Å². The van der Waals surface area contributed by atoms with Crippen LogP contribution in [0.4, 0.5) is 0 Å². The van der Waals surface area contributed by atoms with Gasteiger partial charge in [0.2, 0.25) is 10.0 Å². The minimum Gasteiger partial charge on any atom is -0.486 e. The van der Waals surface area contributed by atoms with Crippen molar-refractivity contribution in [2.45, 2.75) is 16.4 Å². The first kappa shape index (κ1) is 21.5. The van der Waals surface area contributed by atoms with Crippen LogP contribution in [-0.4, -0.2) is 22.7 Å². The second-order valence-corrected chi connectivity index (χ2v) is 9.19. The Morgan fingerprint density at radius 2 is 1.63 bits per heavy atom. The Labute approximate surface area is 172 Å². The lowest BCUT2D eigenvalue weighted by Gasteiger charge is -2.08. The zero-order valence-corrected chi connectivity index (χ0v) is 16.9.